The van der Waals surface area contributed by atoms with Gasteiger partial charge in [-0.15, -0.1) is 16.4 Å². The molecular formula is C20H23N5OS. The van der Waals surface area contributed by atoms with Crippen molar-refractivity contribution in [2.75, 3.05) is 18.4 Å². The number of aromatic nitrogens is 3. The van der Waals surface area contributed by atoms with Crippen LogP contribution in [-0.4, -0.2) is 39.1 Å². The smallest absolute Gasteiger partial charge is 0.258 e. The maximum absolute atomic E-state index is 12.2. The zero-order valence-corrected chi connectivity index (χ0v) is 16.0. The second-order valence-corrected chi connectivity index (χ2v) is 7.95. The van der Waals surface area contributed by atoms with E-state index in [0.29, 0.717) is 17.3 Å². The Balaban J connectivity index is 1.40. The van der Waals surface area contributed by atoms with Gasteiger partial charge < -0.3 is 0 Å². The molecule has 3 heterocycles. The van der Waals surface area contributed by atoms with Crippen molar-refractivity contribution in [1.82, 2.24) is 20.1 Å². The van der Waals surface area contributed by atoms with Gasteiger partial charge in [0.1, 0.15) is 0 Å². The molecule has 0 aliphatic carbocycles. The van der Waals surface area contributed by atoms with Crippen molar-refractivity contribution in [1.29, 1.82) is 0 Å². The number of aromatic amines is 1. The molecule has 3 aromatic rings. The van der Waals surface area contributed by atoms with Crippen molar-refractivity contribution < 1.29 is 4.79 Å². The zero-order chi connectivity index (χ0) is 18.5. The van der Waals surface area contributed by atoms with Gasteiger partial charge in [-0.2, -0.15) is 4.98 Å². The van der Waals surface area contributed by atoms with Gasteiger partial charge in [0.2, 0.25) is 5.95 Å². The van der Waals surface area contributed by atoms with Crippen LogP contribution in [0.25, 0.3) is 10.7 Å². The van der Waals surface area contributed by atoms with E-state index in [4.69, 9.17) is 0 Å². The summed E-state index contributed by atoms with van der Waals surface area (Å²) in [6.07, 6.45) is 5.29. The summed E-state index contributed by atoms with van der Waals surface area (Å²) in [5, 5.41) is 9.78. The summed E-state index contributed by atoms with van der Waals surface area (Å²) in [5.41, 5.74) is 0.583. The molecule has 0 radical (unpaired) electrons. The molecule has 6 nitrogen and oxygen atoms in total. The fraction of sp³-hybridized carbons (Fsp3) is 0.350. The number of nitrogens with zero attached hydrogens (tertiary/aromatic N) is 3. The standard InChI is InChI=1S/C20H23N5OS/c26-19(15-8-4-3-5-9-15)22-20-21-18(23-24-20)17-11-10-16(27-17)14-25-12-6-1-2-7-13-25/h3-5,8-11H,1-2,6-7,12-14H2,(H2,21,22,23,24,26). The van der Waals surface area contributed by atoms with Gasteiger partial charge in [-0.3, -0.25) is 20.1 Å². The van der Waals surface area contributed by atoms with E-state index < -0.39 is 0 Å². The van der Waals surface area contributed by atoms with Gasteiger partial charge in [-0.1, -0.05) is 31.0 Å². The maximum atomic E-state index is 12.2. The van der Waals surface area contributed by atoms with E-state index in [0.717, 1.165) is 11.4 Å². The van der Waals surface area contributed by atoms with Crippen molar-refractivity contribution in [3.8, 4) is 10.7 Å². The van der Waals surface area contributed by atoms with E-state index in [1.807, 2.05) is 18.2 Å². The molecule has 2 N–H and O–H groups in total. The van der Waals surface area contributed by atoms with Gasteiger partial charge in [-0.25, -0.2) is 0 Å². The van der Waals surface area contributed by atoms with E-state index in [-0.39, 0.29) is 5.91 Å². The number of anilines is 1. The van der Waals surface area contributed by atoms with Crippen LogP contribution in [0.1, 0.15) is 40.9 Å². The molecule has 1 amide bonds. The highest BCUT2D eigenvalue weighted by molar-refractivity contribution is 7.15. The Morgan fingerprint density at radius 2 is 1.85 bits per heavy atom. The van der Waals surface area contributed by atoms with Crippen LogP contribution in [0.2, 0.25) is 0 Å². The average molecular weight is 382 g/mol. The summed E-state index contributed by atoms with van der Waals surface area (Å²) in [5.74, 6) is 0.765. The molecule has 4 rings (SSSR count). The van der Waals surface area contributed by atoms with Gasteiger partial charge in [0.05, 0.1) is 4.88 Å². The van der Waals surface area contributed by atoms with Crippen LogP contribution in [0.15, 0.2) is 42.5 Å². The van der Waals surface area contributed by atoms with Crippen LogP contribution in [0.3, 0.4) is 0 Å². The van der Waals surface area contributed by atoms with Crippen LogP contribution < -0.4 is 5.32 Å². The Hall–Kier alpha value is -2.51. The number of hydrogen-bond donors (Lipinski definition) is 2. The predicted molar refractivity (Wildman–Crippen MR) is 108 cm³/mol. The third-order valence-electron chi connectivity index (χ3n) is 4.72. The van der Waals surface area contributed by atoms with E-state index in [1.54, 1.807) is 23.5 Å². The van der Waals surface area contributed by atoms with Crippen molar-refractivity contribution >= 4 is 23.2 Å². The molecule has 0 bridgehead atoms. The van der Waals surface area contributed by atoms with Crippen LogP contribution in [0, 0.1) is 0 Å². The van der Waals surface area contributed by atoms with Gasteiger partial charge >= 0.3 is 0 Å². The van der Waals surface area contributed by atoms with E-state index in [9.17, 15) is 4.79 Å². The van der Waals surface area contributed by atoms with Crippen LogP contribution in [0.5, 0.6) is 0 Å². The molecular weight excluding hydrogens is 358 g/mol. The number of nitrogens with one attached hydrogen (secondary N) is 2. The molecule has 1 fully saturated rings. The summed E-state index contributed by atoms with van der Waals surface area (Å²) < 4.78 is 0. The Labute approximate surface area is 162 Å². The minimum atomic E-state index is -0.214. The first-order valence-electron chi connectivity index (χ1n) is 9.38. The lowest BCUT2D eigenvalue weighted by molar-refractivity contribution is 0.102. The van der Waals surface area contributed by atoms with E-state index in [2.05, 4.69) is 37.5 Å². The molecule has 1 aromatic carbocycles. The number of carbonyl (C=O) groups is 1. The summed E-state index contributed by atoms with van der Waals surface area (Å²) in [6.45, 7) is 3.37. The molecule has 27 heavy (non-hydrogen) atoms. The molecule has 0 spiro atoms. The van der Waals surface area contributed by atoms with E-state index >= 15 is 0 Å². The molecule has 7 heteroatoms. The normalized spacial score (nSPS) is 15.4. The zero-order valence-electron chi connectivity index (χ0n) is 15.1. The largest absolute Gasteiger partial charge is 0.298 e. The number of H-pyrrole nitrogens is 1. The first-order valence-corrected chi connectivity index (χ1v) is 10.2. The van der Waals surface area contributed by atoms with Crippen molar-refractivity contribution in [2.24, 2.45) is 0 Å². The van der Waals surface area contributed by atoms with Crippen molar-refractivity contribution in [3.63, 3.8) is 0 Å². The monoisotopic (exact) mass is 381 g/mol. The lowest BCUT2D eigenvalue weighted by Crippen LogP contribution is -2.23. The summed E-state index contributed by atoms with van der Waals surface area (Å²) in [7, 11) is 0. The molecule has 2 aromatic heterocycles. The number of likely N-dealkylation sites (tertiary alicyclic amines) is 1. The second-order valence-electron chi connectivity index (χ2n) is 6.78. The van der Waals surface area contributed by atoms with Gasteiger partial charge in [0.15, 0.2) is 5.82 Å². The molecule has 0 atom stereocenters. The Morgan fingerprint density at radius 3 is 2.63 bits per heavy atom. The number of rotatable bonds is 5. The minimum Gasteiger partial charge on any atom is -0.298 e. The topological polar surface area (TPSA) is 73.9 Å². The average Bonchev–Trinajstić information content (AvgIpc) is 3.27. The second kappa shape index (κ2) is 8.45. The lowest BCUT2D eigenvalue weighted by Gasteiger charge is -2.18. The Bertz CT molecular complexity index is 881. The lowest BCUT2D eigenvalue weighted by atomic mass is 10.2. The summed E-state index contributed by atoms with van der Waals surface area (Å²) in [4.78, 5) is 21.5. The molecule has 140 valence electrons. The quantitative estimate of drug-likeness (QED) is 0.696. The summed E-state index contributed by atoms with van der Waals surface area (Å²) in [6, 6.07) is 13.3. The van der Waals surface area contributed by atoms with Crippen molar-refractivity contribution in [3.05, 3.63) is 52.9 Å². The molecule has 0 saturated carbocycles. The predicted octanol–water partition coefficient (Wildman–Crippen LogP) is 4.16. The number of carbonyl (C=O) groups excluding carboxylic acids is 1. The highest BCUT2D eigenvalue weighted by Gasteiger charge is 2.14. The maximum Gasteiger partial charge on any atom is 0.258 e. The Morgan fingerprint density at radius 1 is 1.07 bits per heavy atom. The number of amides is 1. The van der Waals surface area contributed by atoms with E-state index in [1.165, 1.54) is 43.6 Å². The minimum absolute atomic E-state index is 0.214. The van der Waals surface area contributed by atoms with Crippen LogP contribution in [-0.2, 0) is 6.54 Å². The van der Waals surface area contributed by atoms with Gasteiger partial charge in [0.25, 0.3) is 5.91 Å². The van der Waals surface area contributed by atoms with Gasteiger partial charge in [0, 0.05) is 17.0 Å². The first-order chi connectivity index (χ1) is 13.3. The fourth-order valence-electron chi connectivity index (χ4n) is 3.30. The first kappa shape index (κ1) is 17.9. The van der Waals surface area contributed by atoms with Crippen LogP contribution >= 0.6 is 11.3 Å². The molecule has 0 unspecified atom stereocenters. The molecule has 1 aliphatic rings. The number of thiophene rings is 1. The molecule has 1 aliphatic heterocycles. The highest BCUT2D eigenvalue weighted by Crippen LogP contribution is 2.27. The Kier molecular flexibility index (Phi) is 5.60. The number of hydrogen-bond acceptors (Lipinski definition) is 5. The third kappa shape index (κ3) is 4.61. The summed E-state index contributed by atoms with van der Waals surface area (Å²) >= 11 is 1.73. The number of benzene rings is 1. The van der Waals surface area contributed by atoms with Crippen molar-refractivity contribution in [2.45, 2.75) is 32.2 Å². The highest BCUT2D eigenvalue weighted by atomic mass is 32.1. The fourth-order valence-corrected chi connectivity index (χ4v) is 4.29. The SMILES string of the molecule is O=C(Nc1n[nH]c(-c2ccc(CN3CCCCCC3)s2)n1)c1ccccc1. The third-order valence-corrected chi connectivity index (χ3v) is 5.80. The van der Waals surface area contributed by atoms with Crippen LogP contribution in [0.4, 0.5) is 5.95 Å². The molecule has 1 saturated heterocycles. The van der Waals surface area contributed by atoms with Gasteiger partial charge in [-0.05, 0) is 50.2 Å².